The Morgan fingerprint density at radius 1 is 1.26 bits per heavy atom. The number of morpholine rings is 1. The van der Waals surface area contributed by atoms with Gasteiger partial charge in [0.05, 0.1) is 18.9 Å². The van der Waals surface area contributed by atoms with Crippen LogP contribution in [0.1, 0.15) is 30.6 Å². The van der Waals surface area contributed by atoms with E-state index in [1.54, 1.807) is 4.90 Å². The topological polar surface area (TPSA) is 68.6 Å². The van der Waals surface area contributed by atoms with Crippen molar-refractivity contribution >= 4 is 5.91 Å². The maximum Gasteiger partial charge on any atom is 0.260 e. The molecule has 1 atom stereocenters. The fourth-order valence-corrected chi connectivity index (χ4v) is 3.18. The van der Waals surface area contributed by atoms with E-state index in [2.05, 4.69) is 17.3 Å². The zero-order chi connectivity index (χ0) is 19.1. The van der Waals surface area contributed by atoms with Gasteiger partial charge in [-0.25, -0.2) is 0 Å². The number of nitrogens with zero attached hydrogens (tertiary/aromatic N) is 3. The van der Waals surface area contributed by atoms with Gasteiger partial charge < -0.3 is 19.7 Å². The quantitative estimate of drug-likeness (QED) is 0.767. The number of amides is 1. The number of nitrogens with one attached hydrogen (secondary N) is 1. The van der Waals surface area contributed by atoms with Gasteiger partial charge in [0.15, 0.2) is 6.61 Å². The van der Waals surface area contributed by atoms with Gasteiger partial charge >= 0.3 is 0 Å². The molecule has 7 nitrogen and oxygen atoms in total. The minimum atomic E-state index is 0.00556. The molecule has 0 radical (unpaired) electrons. The predicted octanol–water partition coefficient (Wildman–Crippen LogP) is 1.90. The molecule has 1 aliphatic rings. The highest BCUT2D eigenvalue weighted by molar-refractivity contribution is 5.77. The molecule has 3 rings (SSSR count). The Labute approximate surface area is 160 Å². The molecule has 1 aliphatic heterocycles. The summed E-state index contributed by atoms with van der Waals surface area (Å²) in [5.74, 6) is 0.713. The summed E-state index contributed by atoms with van der Waals surface area (Å²) < 4.78 is 12.8. The minimum Gasteiger partial charge on any atom is -0.484 e. The van der Waals surface area contributed by atoms with Crippen LogP contribution in [0.5, 0.6) is 5.75 Å². The average Bonchev–Trinajstić information content (AvgIpc) is 3.14. The van der Waals surface area contributed by atoms with Crippen molar-refractivity contribution in [1.82, 2.24) is 20.0 Å². The Bertz CT molecular complexity index is 723. The number of hydrogen-bond acceptors (Lipinski definition) is 5. The molecule has 1 amide bonds. The fourth-order valence-electron chi connectivity index (χ4n) is 3.18. The van der Waals surface area contributed by atoms with Crippen LogP contribution in [-0.4, -0.2) is 53.5 Å². The molecule has 27 heavy (non-hydrogen) atoms. The first-order valence-electron chi connectivity index (χ1n) is 9.46. The van der Waals surface area contributed by atoms with Gasteiger partial charge in [0.1, 0.15) is 5.75 Å². The standard InChI is InChI=1S/C20H28N4O3/c1-3-18(19-8-9-22-23(19)2)21-14-16-4-6-17(7-5-16)27-15-20(25)24-10-12-26-13-11-24/h4-9,18,21H,3,10-15H2,1-2H3/t18-/m1/s1. The smallest absolute Gasteiger partial charge is 0.260 e. The normalized spacial score (nSPS) is 15.6. The maximum absolute atomic E-state index is 12.1. The van der Waals surface area contributed by atoms with Crippen molar-refractivity contribution < 1.29 is 14.3 Å². The molecule has 2 heterocycles. The molecule has 1 N–H and O–H groups in total. The van der Waals surface area contributed by atoms with Crippen molar-refractivity contribution in [3.63, 3.8) is 0 Å². The van der Waals surface area contributed by atoms with E-state index < -0.39 is 0 Å². The van der Waals surface area contributed by atoms with Gasteiger partial charge in [-0.05, 0) is 30.2 Å². The number of carbonyl (C=O) groups excluding carboxylic acids is 1. The molecule has 1 saturated heterocycles. The second-order valence-corrected chi connectivity index (χ2v) is 6.65. The lowest BCUT2D eigenvalue weighted by atomic mass is 10.1. The van der Waals surface area contributed by atoms with Crippen LogP contribution in [0.25, 0.3) is 0 Å². The van der Waals surface area contributed by atoms with Crippen molar-refractivity contribution in [1.29, 1.82) is 0 Å². The first-order valence-corrected chi connectivity index (χ1v) is 9.46. The van der Waals surface area contributed by atoms with E-state index in [-0.39, 0.29) is 18.6 Å². The number of benzene rings is 1. The van der Waals surface area contributed by atoms with Crippen LogP contribution in [0, 0.1) is 0 Å². The molecule has 1 fully saturated rings. The summed E-state index contributed by atoms with van der Waals surface area (Å²) in [7, 11) is 1.96. The first-order chi connectivity index (χ1) is 13.2. The fraction of sp³-hybridized carbons (Fsp3) is 0.500. The summed E-state index contributed by atoms with van der Waals surface area (Å²) in [6.45, 7) is 5.47. The summed E-state index contributed by atoms with van der Waals surface area (Å²) in [6.07, 6.45) is 2.81. The Hall–Kier alpha value is -2.38. The molecular formula is C20H28N4O3. The summed E-state index contributed by atoms with van der Waals surface area (Å²) in [5, 5.41) is 7.81. The van der Waals surface area contributed by atoms with Crippen LogP contribution < -0.4 is 10.1 Å². The Kier molecular flexibility index (Phi) is 6.84. The summed E-state index contributed by atoms with van der Waals surface area (Å²) in [4.78, 5) is 13.9. The van der Waals surface area contributed by atoms with Crippen molar-refractivity contribution in [3.05, 3.63) is 47.8 Å². The van der Waals surface area contributed by atoms with Crippen LogP contribution in [0.15, 0.2) is 36.5 Å². The molecule has 0 saturated carbocycles. The van der Waals surface area contributed by atoms with E-state index in [1.807, 2.05) is 48.3 Å². The monoisotopic (exact) mass is 372 g/mol. The molecule has 0 spiro atoms. The zero-order valence-electron chi connectivity index (χ0n) is 16.1. The third-order valence-corrected chi connectivity index (χ3v) is 4.83. The molecule has 7 heteroatoms. The largest absolute Gasteiger partial charge is 0.484 e. The Morgan fingerprint density at radius 3 is 2.63 bits per heavy atom. The number of carbonyl (C=O) groups is 1. The molecule has 146 valence electrons. The number of rotatable bonds is 8. The molecule has 0 bridgehead atoms. The van der Waals surface area contributed by atoms with E-state index in [0.29, 0.717) is 32.1 Å². The Balaban J connectivity index is 1.47. The zero-order valence-corrected chi connectivity index (χ0v) is 16.1. The Morgan fingerprint density at radius 2 is 2.00 bits per heavy atom. The molecule has 1 aromatic heterocycles. The van der Waals surface area contributed by atoms with Crippen molar-refractivity contribution in [2.75, 3.05) is 32.9 Å². The van der Waals surface area contributed by atoms with Crippen LogP contribution in [-0.2, 0) is 23.1 Å². The van der Waals surface area contributed by atoms with Crippen LogP contribution in [0.3, 0.4) is 0 Å². The van der Waals surface area contributed by atoms with E-state index in [0.717, 1.165) is 13.0 Å². The third kappa shape index (κ3) is 5.30. The number of hydrogen-bond donors (Lipinski definition) is 1. The highest BCUT2D eigenvalue weighted by atomic mass is 16.5. The lowest BCUT2D eigenvalue weighted by molar-refractivity contribution is -0.137. The summed E-state index contributed by atoms with van der Waals surface area (Å²) in [6, 6.07) is 10.2. The maximum atomic E-state index is 12.1. The van der Waals surface area contributed by atoms with Crippen molar-refractivity contribution in [3.8, 4) is 5.75 Å². The van der Waals surface area contributed by atoms with Crippen LogP contribution >= 0.6 is 0 Å². The molecule has 0 aliphatic carbocycles. The van der Waals surface area contributed by atoms with Gasteiger partial charge in [-0.3, -0.25) is 9.48 Å². The average molecular weight is 372 g/mol. The molecule has 0 unspecified atom stereocenters. The predicted molar refractivity (Wildman–Crippen MR) is 102 cm³/mol. The number of aromatic nitrogens is 2. The first kappa shape index (κ1) is 19.4. The van der Waals surface area contributed by atoms with Gasteiger partial charge in [0.25, 0.3) is 5.91 Å². The SMILES string of the molecule is CC[C@@H](NCc1ccc(OCC(=O)N2CCOCC2)cc1)c1ccnn1C. The van der Waals surface area contributed by atoms with Gasteiger partial charge in [0, 0.05) is 38.9 Å². The highest BCUT2D eigenvalue weighted by Gasteiger charge is 2.17. The second kappa shape index (κ2) is 9.53. The number of ether oxygens (including phenoxy) is 2. The summed E-state index contributed by atoms with van der Waals surface area (Å²) in [5.41, 5.74) is 2.35. The summed E-state index contributed by atoms with van der Waals surface area (Å²) >= 11 is 0. The lowest BCUT2D eigenvalue weighted by Gasteiger charge is -2.26. The highest BCUT2D eigenvalue weighted by Crippen LogP contribution is 2.17. The van der Waals surface area contributed by atoms with E-state index >= 15 is 0 Å². The minimum absolute atomic E-state index is 0.00556. The van der Waals surface area contributed by atoms with E-state index in [9.17, 15) is 4.79 Å². The van der Waals surface area contributed by atoms with Crippen LogP contribution in [0.4, 0.5) is 0 Å². The molecule has 1 aromatic carbocycles. The van der Waals surface area contributed by atoms with Crippen molar-refractivity contribution in [2.24, 2.45) is 7.05 Å². The van der Waals surface area contributed by atoms with E-state index in [4.69, 9.17) is 9.47 Å². The molecular weight excluding hydrogens is 344 g/mol. The third-order valence-electron chi connectivity index (χ3n) is 4.83. The second-order valence-electron chi connectivity index (χ2n) is 6.65. The van der Waals surface area contributed by atoms with E-state index in [1.165, 1.54) is 11.3 Å². The molecule has 2 aromatic rings. The van der Waals surface area contributed by atoms with Crippen molar-refractivity contribution in [2.45, 2.75) is 25.9 Å². The van der Waals surface area contributed by atoms with Gasteiger partial charge in [-0.15, -0.1) is 0 Å². The van der Waals surface area contributed by atoms with Gasteiger partial charge in [0.2, 0.25) is 0 Å². The number of aryl methyl sites for hydroxylation is 1. The van der Waals surface area contributed by atoms with Gasteiger partial charge in [-0.1, -0.05) is 19.1 Å². The van der Waals surface area contributed by atoms with Crippen LogP contribution in [0.2, 0.25) is 0 Å². The lowest BCUT2D eigenvalue weighted by Crippen LogP contribution is -2.42. The van der Waals surface area contributed by atoms with Gasteiger partial charge in [-0.2, -0.15) is 5.10 Å².